The molecule has 172 valence electrons. The summed E-state index contributed by atoms with van der Waals surface area (Å²) < 4.78 is 5.77. The van der Waals surface area contributed by atoms with E-state index in [1.54, 1.807) is 6.20 Å². The van der Waals surface area contributed by atoms with Crippen molar-refractivity contribution >= 4 is 17.5 Å². The number of unbranched alkanes of at least 4 members (excludes halogenated alkanes) is 6. The van der Waals surface area contributed by atoms with Gasteiger partial charge in [0.2, 0.25) is 0 Å². The molecule has 0 bridgehead atoms. The lowest BCUT2D eigenvalue weighted by Gasteiger charge is -2.14. The number of pyridine rings is 1. The number of nitrogens with one attached hydrogen (secondary N) is 2. The first-order valence-electron chi connectivity index (χ1n) is 11.6. The molecule has 6 N–H and O–H groups in total. The van der Waals surface area contributed by atoms with Gasteiger partial charge in [0, 0.05) is 25.3 Å². The molecular formula is C23H39N7O. The highest BCUT2D eigenvalue weighted by atomic mass is 16.5. The number of ether oxygens (including phenoxy) is 1. The van der Waals surface area contributed by atoms with Crippen LogP contribution in [0.5, 0.6) is 5.75 Å². The van der Waals surface area contributed by atoms with Crippen LogP contribution in [0.25, 0.3) is 0 Å². The minimum Gasteiger partial charge on any atom is -0.492 e. The van der Waals surface area contributed by atoms with Crippen molar-refractivity contribution in [3.63, 3.8) is 0 Å². The van der Waals surface area contributed by atoms with Gasteiger partial charge >= 0.3 is 0 Å². The van der Waals surface area contributed by atoms with Crippen molar-refractivity contribution in [3.05, 3.63) is 24.0 Å². The smallest absolute Gasteiger partial charge is 0.185 e. The molecule has 1 aliphatic rings. The van der Waals surface area contributed by atoms with Crippen LogP contribution >= 0.6 is 0 Å². The van der Waals surface area contributed by atoms with Gasteiger partial charge in [0.1, 0.15) is 17.3 Å². The molecule has 2 rings (SSSR count). The molecule has 31 heavy (non-hydrogen) atoms. The summed E-state index contributed by atoms with van der Waals surface area (Å²) in [4.78, 5) is 12.9. The van der Waals surface area contributed by atoms with Crippen molar-refractivity contribution in [1.29, 1.82) is 5.41 Å². The van der Waals surface area contributed by atoms with Crippen molar-refractivity contribution in [2.24, 2.45) is 21.5 Å². The van der Waals surface area contributed by atoms with Gasteiger partial charge in [0.15, 0.2) is 5.96 Å². The van der Waals surface area contributed by atoms with Crippen molar-refractivity contribution in [2.75, 3.05) is 26.2 Å². The number of guanidine groups is 1. The summed E-state index contributed by atoms with van der Waals surface area (Å²) >= 11 is 0. The number of hydrogen-bond acceptors (Lipinski definition) is 6. The minimum atomic E-state index is 0.183. The Labute approximate surface area is 186 Å². The van der Waals surface area contributed by atoms with E-state index in [-0.39, 0.29) is 5.96 Å². The number of amidine groups is 1. The molecule has 0 spiro atoms. The van der Waals surface area contributed by atoms with E-state index < -0.39 is 0 Å². The Morgan fingerprint density at radius 2 is 1.77 bits per heavy atom. The summed E-state index contributed by atoms with van der Waals surface area (Å²) in [6.07, 6.45) is 13.6. The van der Waals surface area contributed by atoms with Gasteiger partial charge in [-0.1, -0.05) is 32.1 Å². The van der Waals surface area contributed by atoms with Gasteiger partial charge in [0.05, 0.1) is 12.8 Å². The van der Waals surface area contributed by atoms with Gasteiger partial charge in [-0.05, 0) is 50.7 Å². The highest BCUT2D eigenvalue weighted by Gasteiger charge is 2.08. The summed E-state index contributed by atoms with van der Waals surface area (Å²) in [5.41, 5.74) is 12.3. The molecule has 0 saturated carbocycles. The zero-order valence-electron chi connectivity index (χ0n) is 18.7. The van der Waals surface area contributed by atoms with Crippen LogP contribution in [-0.4, -0.2) is 48.7 Å². The van der Waals surface area contributed by atoms with E-state index in [0.717, 1.165) is 81.1 Å². The van der Waals surface area contributed by atoms with Crippen molar-refractivity contribution < 1.29 is 4.74 Å². The molecule has 0 atom stereocenters. The van der Waals surface area contributed by atoms with Crippen LogP contribution in [0, 0.1) is 5.41 Å². The van der Waals surface area contributed by atoms with Crippen LogP contribution in [0.4, 0.5) is 0 Å². The van der Waals surface area contributed by atoms with Crippen LogP contribution in [-0.2, 0) is 0 Å². The number of aromatic nitrogens is 1. The SMILES string of the molecule is N=C(CCCCCCCCCN=C(N)N)CCCOc1ccc(C2=NCCCN2)nc1. The predicted molar refractivity (Wildman–Crippen MR) is 128 cm³/mol. The van der Waals surface area contributed by atoms with E-state index in [1.165, 1.54) is 32.1 Å². The van der Waals surface area contributed by atoms with E-state index in [1.807, 2.05) is 12.1 Å². The Hall–Kier alpha value is -2.64. The molecular weight excluding hydrogens is 390 g/mol. The Morgan fingerprint density at radius 3 is 2.45 bits per heavy atom. The fourth-order valence-electron chi connectivity index (χ4n) is 3.45. The summed E-state index contributed by atoms with van der Waals surface area (Å²) in [7, 11) is 0. The molecule has 0 unspecified atom stereocenters. The van der Waals surface area contributed by atoms with Gasteiger partial charge in [-0.2, -0.15) is 0 Å². The van der Waals surface area contributed by atoms with Gasteiger partial charge < -0.3 is 26.9 Å². The lowest BCUT2D eigenvalue weighted by molar-refractivity contribution is 0.312. The maximum Gasteiger partial charge on any atom is 0.185 e. The summed E-state index contributed by atoms with van der Waals surface area (Å²) in [5.74, 6) is 1.82. The lowest BCUT2D eigenvalue weighted by atomic mass is 10.0. The van der Waals surface area contributed by atoms with Gasteiger partial charge in [-0.3, -0.25) is 9.98 Å². The van der Waals surface area contributed by atoms with E-state index >= 15 is 0 Å². The standard InChI is InChI=1S/C23H39N7O/c24-19(10-6-4-2-1-3-5-7-14-29-23(25)26)11-8-17-31-20-12-13-21(30-18-20)22-27-15-9-16-28-22/h12-13,18,24H,1-11,14-17H2,(H,27,28)(H4,25,26,29). The van der Waals surface area contributed by atoms with Crippen molar-refractivity contribution in [3.8, 4) is 5.75 Å². The van der Waals surface area contributed by atoms with Gasteiger partial charge in [-0.15, -0.1) is 0 Å². The number of nitrogens with zero attached hydrogens (tertiary/aromatic N) is 3. The van der Waals surface area contributed by atoms with Crippen LogP contribution in [0.1, 0.15) is 76.3 Å². The molecule has 0 aliphatic carbocycles. The quantitative estimate of drug-likeness (QED) is 0.181. The summed E-state index contributed by atoms with van der Waals surface area (Å²) in [6, 6.07) is 3.88. The second-order valence-corrected chi connectivity index (χ2v) is 7.98. The van der Waals surface area contributed by atoms with Crippen LogP contribution in [0.2, 0.25) is 0 Å². The third-order valence-corrected chi connectivity index (χ3v) is 5.20. The molecule has 0 amide bonds. The molecule has 8 nitrogen and oxygen atoms in total. The third kappa shape index (κ3) is 11.4. The maximum absolute atomic E-state index is 8.12. The minimum absolute atomic E-state index is 0.183. The molecule has 1 aromatic heterocycles. The van der Waals surface area contributed by atoms with Crippen LogP contribution < -0.4 is 21.5 Å². The van der Waals surface area contributed by atoms with E-state index in [9.17, 15) is 0 Å². The average Bonchev–Trinajstić information content (AvgIpc) is 2.79. The average molecular weight is 430 g/mol. The Kier molecular flexibility index (Phi) is 12.1. The third-order valence-electron chi connectivity index (χ3n) is 5.20. The normalized spacial score (nSPS) is 13.2. The first-order valence-corrected chi connectivity index (χ1v) is 11.6. The Morgan fingerprint density at radius 1 is 1.03 bits per heavy atom. The maximum atomic E-state index is 8.12. The molecule has 1 aromatic rings. The Balaban J connectivity index is 1.44. The topological polar surface area (TPSA) is 135 Å². The van der Waals surface area contributed by atoms with Gasteiger partial charge in [0.25, 0.3) is 0 Å². The molecule has 8 heteroatoms. The fourth-order valence-corrected chi connectivity index (χ4v) is 3.45. The van der Waals surface area contributed by atoms with E-state index in [0.29, 0.717) is 6.61 Å². The predicted octanol–water partition coefficient (Wildman–Crippen LogP) is 3.39. The molecule has 0 radical (unpaired) electrons. The Bertz CT molecular complexity index is 696. The molecule has 0 saturated heterocycles. The highest BCUT2D eigenvalue weighted by molar-refractivity contribution is 5.97. The number of aliphatic imine (C=N–C) groups is 2. The fraction of sp³-hybridized carbons (Fsp3) is 0.652. The molecule has 0 fully saturated rings. The first-order chi connectivity index (χ1) is 15.1. The van der Waals surface area contributed by atoms with E-state index in [2.05, 4.69) is 20.3 Å². The number of hydrogen-bond donors (Lipinski definition) is 4. The van der Waals surface area contributed by atoms with Gasteiger partial charge in [-0.25, -0.2) is 4.98 Å². The first kappa shape index (κ1) is 24.6. The van der Waals surface area contributed by atoms with Crippen LogP contribution in [0.15, 0.2) is 28.3 Å². The zero-order chi connectivity index (χ0) is 22.2. The van der Waals surface area contributed by atoms with Crippen molar-refractivity contribution in [2.45, 2.75) is 70.6 Å². The monoisotopic (exact) mass is 429 g/mol. The number of nitrogens with two attached hydrogens (primary N) is 2. The lowest BCUT2D eigenvalue weighted by Crippen LogP contribution is -2.30. The molecule has 2 heterocycles. The zero-order valence-corrected chi connectivity index (χ0v) is 18.7. The highest BCUT2D eigenvalue weighted by Crippen LogP contribution is 2.13. The second kappa shape index (κ2) is 15.2. The summed E-state index contributed by atoms with van der Waals surface area (Å²) in [6.45, 7) is 3.16. The van der Waals surface area contributed by atoms with E-state index in [4.69, 9.17) is 21.6 Å². The summed E-state index contributed by atoms with van der Waals surface area (Å²) in [5, 5.41) is 11.4. The largest absolute Gasteiger partial charge is 0.492 e. The number of rotatable bonds is 16. The molecule has 1 aliphatic heterocycles. The van der Waals surface area contributed by atoms with Crippen LogP contribution in [0.3, 0.4) is 0 Å². The second-order valence-electron chi connectivity index (χ2n) is 7.98. The van der Waals surface area contributed by atoms with Crippen molar-refractivity contribution in [1.82, 2.24) is 10.3 Å². The molecule has 0 aromatic carbocycles.